The van der Waals surface area contributed by atoms with Crippen LogP contribution in [0.15, 0.2) is 30.6 Å². The summed E-state index contributed by atoms with van der Waals surface area (Å²) < 4.78 is 0. The molecule has 0 fully saturated rings. The van der Waals surface area contributed by atoms with Gasteiger partial charge in [0, 0.05) is 32.4 Å². The number of pyridine rings is 2. The van der Waals surface area contributed by atoms with Gasteiger partial charge in [0.2, 0.25) is 0 Å². The first-order valence-electron chi connectivity index (χ1n) is 8.03. The number of nitrogens with zero attached hydrogens (tertiary/aromatic N) is 4. The lowest BCUT2D eigenvalue weighted by molar-refractivity contribution is 0.0825. The molecule has 24 heavy (non-hydrogen) atoms. The Hall–Kier alpha value is -2.74. The van der Waals surface area contributed by atoms with Crippen LogP contribution in [0.4, 0.5) is 0 Å². The Morgan fingerprint density at radius 3 is 2.67 bits per heavy atom. The van der Waals surface area contributed by atoms with Gasteiger partial charge in [0.15, 0.2) is 0 Å². The largest absolute Gasteiger partial charge is 0.345 e. The van der Waals surface area contributed by atoms with Gasteiger partial charge in [-0.15, -0.1) is 0 Å². The second-order valence-electron chi connectivity index (χ2n) is 6.00. The Bertz CT molecular complexity index is 777. The van der Waals surface area contributed by atoms with Crippen LogP contribution in [-0.2, 0) is 12.8 Å². The summed E-state index contributed by atoms with van der Waals surface area (Å²) in [5.74, 6) is -0.0428. The first-order chi connectivity index (χ1) is 11.5. The maximum Gasteiger partial charge on any atom is 0.255 e. The van der Waals surface area contributed by atoms with E-state index in [0.717, 1.165) is 23.4 Å². The highest BCUT2D eigenvalue weighted by atomic mass is 16.2. The first kappa shape index (κ1) is 17.6. The molecule has 1 unspecified atom stereocenters. The third-order valence-corrected chi connectivity index (χ3v) is 4.03. The predicted molar refractivity (Wildman–Crippen MR) is 92.7 cm³/mol. The number of amides is 1. The standard InChI is InChI=1S/C19H22N4O/c1-5-17-16(12-20)14(8-10-21-17)11-13(2)18-15(7-6-9-22-18)19(24)23(3)4/h6-10,13H,5,11H2,1-4H3. The van der Waals surface area contributed by atoms with Crippen LogP contribution in [0.2, 0.25) is 0 Å². The summed E-state index contributed by atoms with van der Waals surface area (Å²) in [6.07, 6.45) is 4.81. The topological polar surface area (TPSA) is 69.9 Å². The number of carbonyl (C=O) groups is 1. The van der Waals surface area contributed by atoms with E-state index in [9.17, 15) is 10.1 Å². The van der Waals surface area contributed by atoms with Crippen molar-refractivity contribution in [2.24, 2.45) is 0 Å². The van der Waals surface area contributed by atoms with Crippen molar-refractivity contribution in [1.29, 1.82) is 5.26 Å². The van der Waals surface area contributed by atoms with Crippen molar-refractivity contribution in [3.63, 3.8) is 0 Å². The second-order valence-corrected chi connectivity index (χ2v) is 6.00. The van der Waals surface area contributed by atoms with Crippen molar-refractivity contribution in [3.05, 3.63) is 58.7 Å². The van der Waals surface area contributed by atoms with Crippen LogP contribution in [0.5, 0.6) is 0 Å². The van der Waals surface area contributed by atoms with Gasteiger partial charge >= 0.3 is 0 Å². The summed E-state index contributed by atoms with van der Waals surface area (Å²) in [7, 11) is 3.46. The van der Waals surface area contributed by atoms with E-state index in [1.54, 1.807) is 43.5 Å². The molecule has 2 rings (SSSR count). The fourth-order valence-electron chi connectivity index (χ4n) is 2.78. The van der Waals surface area contributed by atoms with E-state index in [0.29, 0.717) is 17.5 Å². The van der Waals surface area contributed by atoms with Gasteiger partial charge in [-0.3, -0.25) is 14.8 Å². The van der Waals surface area contributed by atoms with E-state index in [1.807, 2.05) is 19.9 Å². The summed E-state index contributed by atoms with van der Waals surface area (Å²) in [6.45, 7) is 4.02. The Morgan fingerprint density at radius 2 is 2.04 bits per heavy atom. The molecule has 0 aliphatic carbocycles. The van der Waals surface area contributed by atoms with E-state index in [4.69, 9.17) is 0 Å². The summed E-state index contributed by atoms with van der Waals surface area (Å²) in [6, 6.07) is 7.72. The summed E-state index contributed by atoms with van der Waals surface area (Å²) in [4.78, 5) is 22.6. The normalized spacial score (nSPS) is 11.6. The summed E-state index contributed by atoms with van der Waals surface area (Å²) in [5.41, 5.74) is 3.77. The van der Waals surface area contributed by atoms with Crippen LogP contribution in [0.1, 0.15) is 52.6 Å². The monoisotopic (exact) mass is 322 g/mol. The maximum atomic E-state index is 12.4. The molecule has 2 aromatic heterocycles. The number of aromatic nitrogens is 2. The van der Waals surface area contributed by atoms with Gasteiger partial charge in [-0.05, 0) is 36.6 Å². The maximum absolute atomic E-state index is 12.4. The van der Waals surface area contributed by atoms with Crippen molar-refractivity contribution in [2.45, 2.75) is 32.6 Å². The molecule has 0 saturated carbocycles. The van der Waals surface area contributed by atoms with Crippen molar-refractivity contribution in [3.8, 4) is 6.07 Å². The first-order valence-corrected chi connectivity index (χ1v) is 8.03. The van der Waals surface area contributed by atoms with E-state index in [1.165, 1.54) is 0 Å². The molecule has 0 aliphatic heterocycles. The Morgan fingerprint density at radius 1 is 1.29 bits per heavy atom. The highest BCUT2D eigenvalue weighted by Crippen LogP contribution is 2.25. The molecular weight excluding hydrogens is 300 g/mol. The van der Waals surface area contributed by atoms with Crippen molar-refractivity contribution in [2.75, 3.05) is 14.1 Å². The average molecular weight is 322 g/mol. The molecule has 0 aliphatic rings. The Labute approximate surface area is 143 Å². The lowest BCUT2D eigenvalue weighted by Crippen LogP contribution is -2.24. The van der Waals surface area contributed by atoms with Crippen molar-refractivity contribution >= 4 is 5.91 Å². The van der Waals surface area contributed by atoms with Gasteiger partial charge in [0.1, 0.15) is 6.07 Å². The second kappa shape index (κ2) is 7.69. The molecule has 1 amide bonds. The molecule has 5 nitrogen and oxygen atoms in total. The van der Waals surface area contributed by atoms with Crippen molar-refractivity contribution in [1.82, 2.24) is 14.9 Å². The van der Waals surface area contributed by atoms with Gasteiger partial charge in [0.25, 0.3) is 5.91 Å². The molecule has 2 heterocycles. The molecule has 2 aromatic rings. The third-order valence-electron chi connectivity index (χ3n) is 4.03. The minimum atomic E-state index is -0.0607. The molecule has 0 N–H and O–H groups in total. The van der Waals surface area contributed by atoms with E-state index in [-0.39, 0.29) is 11.8 Å². The van der Waals surface area contributed by atoms with Crippen LogP contribution in [0.25, 0.3) is 0 Å². The molecule has 5 heteroatoms. The number of carbonyl (C=O) groups excluding carboxylic acids is 1. The lowest BCUT2D eigenvalue weighted by Gasteiger charge is -2.18. The SMILES string of the molecule is CCc1nccc(CC(C)c2ncccc2C(=O)N(C)C)c1C#N. The predicted octanol–water partition coefficient (Wildman–Crippen LogP) is 2.96. The zero-order valence-corrected chi connectivity index (χ0v) is 14.6. The number of rotatable bonds is 5. The highest BCUT2D eigenvalue weighted by Gasteiger charge is 2.20. The fourth-order valence-corrected chi connectivity index (χ4v) is 2.78. The lowest BCUT2D eigenvalue weighted by atomic mass is 9.91. The van der Waals surface area contributed by atoms with Gasteiger partial charge in [-0.1, -0.05) is 13.8 Å². The molecule has 0 aromatic carbocycles. The van der Waals surface area contributed by atoms with Crippen LogP contribution in [0.3, 0.4) is 0 Å². The molecule has 0 saturated heterocycles. The molecule has 0 radical (unpaired) electrons. The van der Waals surface area contributed by atoms with Crippen LogP contribution >= 0.6 is 0 Å². The van der Waals surface area contributed by atoms with Gasteiger partial charge in [-0.2, -0.15) is 5.26 Å². The zero-order valence-electron chi connectivity index (χ0n) is 14.6. The minimum absolute atomic E-state index is 0.0179. The average Bonchev–Trinajstić information content (AvgIpc) is 2.60. The number of nitriles is 1. The minimum Gasteiger partial charge on any atom is -0.345 e. The van der Waals surface area contributed by atoms with Crippen LogP contribution in [0, 0.1) is 11.3 Å². The van der Waals surface area contributed by atoms with Crippen molar-refractivity contribution < 1.29 is 4.79 Å². The molecule has 0 bridgehead atoms. The van der Waals surface area contributed by atoms with Crippen LogP contribution in [-0.4, -0.2) is 34.9 Å². The molecule has 0 spiro atoms. The van der Waals surface area contributed by atoms with E-state index < -0.39 is 0 Å². The fraction of sp³-hybridized carbons (Fsp3) is 0.368. The van der Waals surface area contributed by atoms with Gasteiger partial charge in [-0.25, -0.2) is 0 Å². The molecular formula is C19H22N4O. The van der Waals surface area contributed by atoms with Gasteiger partial charge in [0.05, 0.1) is 22.5 Å². The quantitative estimate of drug-likeness (QED) is 0.848. The Balaban J connectivity index is 2.37. The smallest absolute Gasteiger partial charge is 0.255 e. The Kier molecular flexibility index (Phi) is 5.64. The summed E-state index contributed by atoms with van der Waals surface area (Å²) >= 11 is 0. The number of hydrogen-bond donors (Lipinski definition) is 0. The number of aryl methyl sites for hydroxylation is 1. The van der Waals surface area contributed by atoms with E-state index >= 15 is 0 Å². The van der Waals surface area contributed by atoms with Crippen LogP contribution < -0.4 is 0 Å². The molecule has 124 valence electrons. The molecule has 1 atom stereocenters. The summed E-state index contributed by atoms with van der Waals surface area (Å²) in [5, 5.41) is 9.46. The van der Waals surface area contributed by atoms with E-state index in [2.05, 4.69) is 16.0 Å². The highest BCUT2D eigenvalue weighted by molar-refractivity contribution is 5.95. The number of hydrogen-bond acceptors (Lipinski definition) is 4. The third kappa shape index (κ3) is 3.60. The zero-order chi connectivity index (χ0) is 17.7. The van der Waals surface area contributed by atoms with Gasteiger partial charge < -0.3 is 4.90 Å².